The number of rotatable bonds is 1. The van der Waals surface area contributed by atoms with Gasteiger partial charge in [0.05, 0.1) is 10.6 Å². The van der Waals surface area contributed by atoms with Gasteiger partial charge in [-0.05, 0) is 47.9 Å². The molecule has 22 heavy (non-hydrogen) atoms. The molecule has 0 aromatic heterocycles. The number of hydrogen-bond acceptors (Lipinski definition) is 1. The van der Waals surface area contributed by atoms with Crippen LogP contribution in [0.5, 0.6) is 0 Å². The number of alkyl halides is 3. The number of benzene rings is 2. The summed E-state index contributed by atoms with van der Waals surface area (Å²) in [4.78, 5) is 1.80. The SMILES string of the molecule is Fc1ccc2c(c1)CN(c1ccc(Cl)c(C(F)(F)F)c1)CC2. The van der Waals surface area contributed by atoms with Crippen LogP contribution in [0.4, 0.5) is 23.2 Å². The van der Waals surface area contributed by atoms with Crippen molar-refractivity contribution in [1.82, 2.24) is 0 Å². The first-order chi connectivity index (χ1) is 10.3. The van der Waals surface area contributed by atoms with Gasteiger partial charge in [-0.1, -0.05) is 17.7 Å². The molecule has 0 bridgehead atoms. The van der Waals surface area contributed by atoms with Gasteiger partial charge in [0, 0.05) is 18.8 Å². The Balaban J connectivity index is 1.93. The molecular formula is C16H12ClF4N. The Hall–Kier alpha value is -1.75. The van der Waals surface area contributed by atoms with Crippen LogP contribution in [-0.2, 0) is 19.1 Å². The standard InChI is InChI=1S/C16H12ClF4N/c17-15-4-3-13(8-14(15)16(19,20)21)22-6-5-10-1-2-12(18)7-11(10)9-22/h1-4,7-8H,5-6,9H2. The van der Waals surface area contributed by atoms with E-state index in [9.17, 15) is 17.6 Å². The maximum Gasteiger partial charge on any atom is 0.417 e. The Labute approximate surface area is 130 Å². The van der Waals surface area contributed by atoms with E-state index < -0.39 is 11.7 Å². The third-order valence-electron chi connectivity index (χ3n) is 3.80. The van der Waals surface area contributed by atoms with E-state index >= 15 is 0 Å². The first kappa shape index (κ1) is 15.2. The largest absolute Gasteiger partial charge is 0.417 e. The van der Waals surface area contributed by atoms with E-state index in [4.69, 9.17) is 11.6 Å². The highest BCUT2D eigenvalue weighted by Crippen LogP contribution is 2.37. The van der Waals surface area contributed by atoms with Gasteiger partial charge in [0.15, 0.2) is 0 Å². The van der Waals surface area contributed by atoms with Crippen LogP contribution < -0.4 is 4.90 Å². The Morgan fingerprint density at radius 3 is 2.50 bits per heavy atom. The first-order valence-corrected chi connectivity index (χ1v) is 7.11. The summed E-state index contributed by atoms with van der Waals surface area (Å²) in [6.45, 7) is 0.962. The highest BCUT2D eigenvalue weighted by Gasteiger charge is 2.34. The molecule has 1 nitrogen and oxygen atoms in total. The summed E-state index contributed by atoms with van der Waals surface area (Å²) in [6.07, 6.45) is -3.83. The zero-order valence-electron chi connectivity index (χ0n) is 11.4. The molecule has 3 rings (SSSR count). The van der Waals surface area contributed by atoms with Gasteiger partial charge >= 0.3 is 6.18 Å². The highest BCUT2D eigenvalue weighted by molar-refractivity contribution is 6.31. The van der Waals surface area contributed by atoms with Gasteiger partial charge in [-0.15, -0.1) is 0 Å². The summed E-state index contributed by atoms with van der Waals surface area (Å²) in [5.41, 5.74) is 1.42. The second kappa shape index (κ2) is 5.47. The fourth-order valence-corrected chi connectivity index (χ4v) is 2.90. The molecular weight excluding hydrogens is 318 g/mol. The zero-order chi connectivity index (χ0) is 15.9. The predicted octanol–water partition coefficient (Wildman–Crippen LogP) is 5.06. The highest BCUT2D eigenvalue weighted by atomic mass is 35.5. The molecule has 2 aromatic carbocycles. The minimum Gasteiger partial charge on any atom is -0.367 e. The van der Waals surface area contributed by atoms with Crippen LogP contribution in [0.15, 0.2) is 36.4 Å². The van der Waals surface area contributed by atoms with Crippen molar-refractivity contribution in [3.63, 3.8) is 0 Å². The van der Waals surface area contributed by atoms with Crippen LogP contribution in [0.2, 0.25) is 5.02 Å². The molecule has 0 spiro atoms. The molecule has 0 N–H and O–H groups in total. The lowest BCUT2D eigenvalue weighted by Crippen LogP contribution is -2.30. The third kappa shape index (κ3) is 2.90. The average molecular weight is 330 g/mol. The Morgan fingerprint density at radius 1 is 1.00 bits per heavy atom. The molecule has 0 saturated heterocycles. The molecule has 0 fully saturated rings. The monoisotopic (exact) mass is 329 g/mol. The van der Waals surface area contributed by atoms with Gasteiger partial charge in [-0.2, -0.15) is 13.2 Å². The average Bonchev–Trinajstić information content (AvgIpc) is 2.45. The molecule has 116 valence electrons. The van der Waals surface area contributed by atoms with Gasteiger partial charge in [-0.3, -0.25) is 0 Å². The summed E-state index contributed by atoms with van der Waals surface area (Å²) in [5.74, 6) is -0.340. The van der Waals surface area contributed by atoms with E-state index in [0.29, 0.717) is 25.2 Å². The van der Waals surface area contributed by atoms with Gasteiger partial charge in [0.25, 0.3) is 0 Å². The van der Waals surface area contributed by atoms with Crippen molar-refractivity contribution in [1.29, 1.82) is 0 Å². The summed E-state index contributed by atoms with van der Waals surface area (Å²) in [7, 11) is 0. The number of hydrogen-bond donors (Lipinski definition) is 0. The Kier molecular flexibility index (Phi) is 3.77. The summed E-state index contributed by atoms with van der Waals surface area (Å²) >= 11 is 5.63. The zero-order valence-corrected chi connectivity index (χ0v) is 12.2. The third-order valence-corrected chi connectivity index (χ3v) is 4.13. The topological polar surface area (TPSA) is 3.24 Å². The molecule has 0 radical (unpaired) electrons. The predicted molar refractivity (Wildman–Crippen MR) is 77.6 cm³/mol. The molecule has 0 atom stereocenters. The van der Waals surface area contributed by atoms with E-state index in [1.54, 1.807) is 17.0 Å². The second-order valence-electron chi connectivity index (χ2n) is 5.25. The van der Waals surface area contributed by atoms with E-state index in [0.717, 1.165) is 17.2 Å². The van der Waals surface area contributed by atoms with Crippen molar-refractivity contribution in [2.24, 2.45) is 0 Å². The van der Waals surface area contributed by atoms with Crippen molar-refractivity contribution in [3.8, 4) is 0 Å². The second-order valence-corrected chi connectivity index (χ2v) is 5.65. The smallest absolute Gasteiger partial charge is 0.367 e. The minimum atomic E-state index is -4.49. The van der Waals surface area contributed by atoms with Crippen molar-refractivity contribution in [3.05, 3.63) is 63.9 Å². The normalized spacial score (nSPS) is 14.9. The number of nitrogens with zero attached hydrogens (tertiary/aromatic N) is 1. The van der Waals surface area contributed by atoms with Crippen LogP contribution >= 0.6 is 11.6 Å². The molecule has 0 amide bonds. The lowest BCUT2D eigenvalue weighted by Gasteiger charge is -2.31. The quantitative estimate of drug-likeness (QED) is 0.661. The lowest BCUT2D eigenvalue weighted by atomic mass is 9.99. The molecule has 1 heterocycles. The van der Waals surface area contributed by atoms with E-state index in [-0.39, 0.29) is 10.8 Å². The molecule has 6 heteroatoms. The van der Waals surface area contributed by atoms with Crippen molar-refractivity contribution < 1.29 is 17.6 Å². The number of anilines is 1. The van der Waals surface area contributed by atoms with Crippen molar-refractivity contribution in [2.45, 2.75) is 19.1 Å². The summed E-state index contributed by atoms with van der Waals surface area (Å²) in [5, 5.41) is -0.320. The Morgan fingerprint density at radius 2 is 1.77 bits per heavy atom. The van der Waals surface area contributed by atoms with Crippen LogP contribution in [0.1, 0.15) is 16.7 Å². The van der Waals surface area contributed by atoms with Gasteiger partial charge in [0.2, 0.25) is 0 Å². The van der Waals surface area contributed by atoms with Crippen molar-refractivity contribution in [2.75, 3.05) is 11.4 Å². The van der Waals surface area contributed by atoms with Crippen molar-refractivity contribution >= 4 is 17.3 Å². The van der Waals surface area contributed by atoms with Crippen LogP contribution in [-0.4, -0.2) is 6.54 Å². The molecule has 1 aliphatic heterocycles. The van der Waals surface area contributed by atoms with E-state index in [1.165, 1.54) is 18.2 Å². The van der Waals surface area contributed by atoms with Crippen LogP contribution in [0.25, 0.3) is 0 Å². The molecule has 1 aliphatic rings. The summed E-state index contributed by atoms with van der Waals surface area (Å²) in [6, 6.07) is 8.42. The first-order valence-electron chi connectivity index (χ1n) is 6.73. The molecule has 2 aromatic rings. The minimum absolute atomic E-state index is 0.320. The maximum atomic E-state index is 13.3. The molecule has 0 saturated carbocycles. The fourth-order valence-electron chi connectivity index (χ4n) is 2.67. The maximum absolute atomic E-state index is 13.3. The van der Waals surface area contributed by atoms with E-state index in [2.05, 4.69) is 0 Å². The molecule has 0 aliphatic carbocycles. The van der Waals surface area contributed by atoms with Crippen LogP contribution in [0.3, 0.4) is 0 Å². The lowest BCUT2D eigenvalue weighted by molar-refractivity contribution is -0.137. The number of halogens is 5. The van der Waals surface area contributed by atoms with Crippen LogP contribution in [0, 0.1) is 5.82 Å². The molecule has 0 unspecified atom stereocenters. The summed E-state index contributed by atoms with van der Waals surface area (Å²) < 4.78 is 52.1. The number of fused-ring (bicyclic) bond motifs is 1. The van der Waals surface area contributed by atoms with Gasteiger partial charge in [0.1, 0.15) is 5.82 Å². The van der Waals surface area contributed by atoms with E-state index in [1.807, 2.05) is 0 Å². The fraction of sp³-hybridized carbons (Fsp3) is 0.250. The van der Waals surface area contributed by atoms with Gasteiger partial charge in [-0.25, -0.2) is 4.39 Å². The van der Waals surface area contributed by atoms with Gasteiger partial charge < -0.3 is 4.90 Å². The Bertz CT molecular complexity index is 712.